The predicted octanol–water partition coefficient (Wildman–Crippen LogP) is 4.38. The minimum atomic E-state index is 0.267. The average Bonchev–Trinajstić information content (AvgIpc) is 2.35. The highest BCUT2D eigenvalue weighted by molar-refractivity contribution is 5.31. The van der Waals surface area contributed by atoms with Crippen molar-refractivity contribution in [1.29, 1.82) is 0 Å². The molecule has 0 radical (unpaired) electrons. The van der Waals surface area contributed by atoms with Crippen LogP contribution in [0.2, 0.25) is 0 Å². The van der Waals surface area contributed by atoms with E-state index < -0.39 is 0 Å². The minimum absolute atomic E-state index is 0.267. The number of aryl methyl sites for hydroxylation is 2. The van der Waals surface area contributed by atoms with Crippen LogP contribution >= 0.6 is 0 Å². The second-order valence-corrected chi connectivity index (χ2v) is 7.95. The standard InChI is InChI=1S/C19H27N/c1-11-3-12(2)5-17(4-11)19(20)18-15-7-13-6-14(9-15)10-16(18)8-13/h3-5,13-16,18-19H,6-10,20H2,1-2H3. The smallest absolute Gasteiger partial charge is 0.0329 e. The molecule has 0 aromatic heterocycles. The molecule has 1 atom stereocenters. The Morgan fingerprint density at radius 2 is 1.35 bits per heavy atom. The van der Waals surface area contributed by atoms with Crippen molar-refractivity contribution in [1.82, 2.24) is 0 Å². The summed E-state index contributed by atoms with van der Waals surface area (Å²) in [5.74, 6) is 4.67. The van der Waals surface area contributed by atoms with E-state index in [1.165, 1.54) is 48.8 Å². The molecule has 4 aliphatic carbocycles. The molecule has 1 unspecified atom stereocenters. The Morgan fingerprint density at radius 3 is 1.85 bits per heavy atom. The van der Waals surface area contributed by atoms with E-state index in [1.54, 1.807) is 0 Å². The van der Waals surface area contributed by atoms with Gasteiger partial charge in [0.1, 0.15) is 0 Å². The number of nitrogens with two attached hydrogens (primary N) is 1. The fourth-order valence-corrected chi connectivity index (χ4v) is 5.98. The number of hydrogen-bond donors (Lipinski definition) is 1. The summed E-state index contributed by atoms with van der Waals surface area (Å²) in [6.07, 6.45) is 7.40. The number of benzene rings is 1. The van der Waals surface area contributed by atoms with Gasteiger partial charge < -0.3 is 5.73 Å². The van der Waals surface area contributed by atoms with Gasteiger partial charge >= 0.3 is 0 Å². The monoisotopic (exact) mass is 269 g/mol. The summed E-state index contributed by atoms with van der Waals surface area (Å²) < 4.78 is 0. The Bertz CT molecular complexity index is 470. The number of rotatable bonds is 2. The van der Waals surface area contributed by atoms with Gasteiger partial charge in [-0.05, 0) is 81.1 Å². The molecule has 4 saturated carbocycles. The largest absolute Gasteiger partial charge is 0.324 e. The Labute approximate surface area is 122 Å². The molecule has 4 aliphatic rings. The Balaban J connectivity index is 1.63. The fourth-order valence-electron chi connectivity index (χ4n) is 5.98. The van der Waals surface area contributed by atoms with Crippen LogP contribution in [0, 0.1) is 43.4 Å². The van der Waals surface area contributed by atoms with Crippen LogP contribution in [-0.4, -0.2) is 0 Å². The second-order valence-electron chi connectivity index (χ2n) is 7.95. The van der Waals surface area contributed by atoms with Crippen molar-refractivity contribution >= 4 is 0 Å². The molecule has 0 spiro atoms. The van der Waals surface area contributed by atoms with Crippen LogP contribution in [0.5, 0.6) is 0 Å². The van der Waals surface area contributed by atoms with E-state index in [4.69, 9.17) is 5.73 Å². The molecule has 1 heteroatoms. The molecule has 4 bridgehead atoms. The molecular weight excluding hydrogens is 242 g/mol. The Kier molecular flexibility index (Phi) is 2.96. The van der Waals surface area contributed by atoms with Crippen LogP contribution < -0.4 is 5.73 Å². The van der Waals surface area contributed by atoms with Crippen molar-refractivity contribution in [2.24, 2.45) is 35.3 Å². The van der Waals surface area contributed by atoms with E-state index in [9.17, 15) is 0 Å². The highest BCUT2D eigenvalue weighted by atomic mass is 14.7. The van der Waals surface area contributed by atoms with E-state index in [0.29, 0.717) is 0 Å². The van der Waals surface area contributed by atoms with Crippen LogP contribution in [-0.2, 0) is 0 Å². The molecule has 1 aromatic carbocycles. The lowest BCUT2D eigenvalue weighted by Crippen LogP contribution is -2.48. The van der Waals surface area contributed by atoms with Gasteiger partial charge in [-0.15, -0.1) is 0 Å². The van der Waals surface area contributed by atoms with Gasteiger partial charge in [0, 0.05) is 6.04 Å². The zero-order valence-corrected chi connectivity index (χ0v) is 12.8. The van der Waals surface area contributed by atoms with Gasteiger partial charge in [0.2, 0.25) is 0 Å². The van der Waals surface area contributed by atoms with E-state index in [1.807, 2.05) is 0 Å². The third-order valence-electron chi connectivity index (χ3n) is 6.34. The first kappa shape index (κ1) is 12.9. The van der Waals surface area contributed by atoms with Crippen molar-refractivity contribution in [2.75, 3.05) is 0 Å². The van der Waals surface area contributed by atoms with Gasteiger partial charge in [0.05, 0.1) is 0 Å². The lowest BCUT2D eigenvalue weighted by atomic mass is 9.50. The first-order valence-corrected chi connectivity index (χ1v) is 8.44. The van der Waals surface area contributed by atoms with E-state index in [2.05, 4.69) is 32.0 Å². The van der Waals surface area contributed by atoms with E-state index >= 15 is 0 Å². The normalized spacial score (nSPS) is 40.0. The quantitative estimate of drug-likeness (QED) is 0.847. The lowest BCUT2D eigenvalue weighted by Gasteiger charge is -2.56. The second kappa shape index (κ2) is 4.59. The summed E-state index contributed by atoms with van der Waals surface area (Å²) in [6, 6.07) is 7.17. The zero-order valence-electron chi connectivity index (χ0n) is 12.8. The van der Waals surface area contributed by atoms with Crippen LogP contribution in [0.3, 0.4) is 0 Å². The number of hydrogen-bond acceptors (Lipinski definition) is 1. The lowest BCUT2D eigenvalue weighted by molar-refractivity contribution is -0.0471. The Hall–Kier alpha value is -0.820. The van der Waals surface area contributed by atoms with Crippen molar-refractivity contribution in [3.8, 4) is 0 Å². The van der Waals surface area contributed by atoms with Gasteiger partial charge in [0.25, 0.3) is 0 Å². The first-order chi connectivity index (χ1) is 9.60. The molecule has 108 valence electrons. The van der Waals surface area contributed by atoms with Gasteiger partial charge in [-0.2, -0.15) is 0 Å². The molecule has 5 rings (SSSR count). The summed E-state index contributed by atoms with van der Waals surface area (Å²) in [4.78, 5) is 0. The summed E-state index contributed by atoms with van der Waals surface area (Å²) in [7, 11) is 0. The maximum atomic E-state index is 6.76. The molecule has 1 nitrogen and oxygen atoms in total. The van der Waals surface area contributed by atoms with E-state index in [0.717, 1.165) is 29.6 Å². The van der Waals surface area contributed by atoms with Crippen LogP contribution in [0.15, 0.2) is 18.2 Å². The maximum absolute atomic E-state index is 6.76. The predicted molar refractivity (Wildman–Crippen MR) is 83.4 cm³/mol. The molecule has 2 N–H and O–H groups in total. The average molecular weight is 269 g/mol. The molecule has 0 heterocycles. The Morgan fingerprint density at radius 1 is 0.850 bits per heavy atom. The summed E-state index contributed by atoms with van der Waals surface area (Å²) in [5, 5.41) is 0. The summed E-state index contributed by atoms with van der Waals surface area (Å²) in [6.45, 7) is 4.39. The topological polar surface area (TPSA) is 26.0 Å². The SMILES string of the molecule is Cc1cc(C)cc(C(N)C2C3CC4CC(C3)CC2C4)c1. The van der Waals surface area contributed by atoms with Crippen molar-refractivity contribution < 1.29 is 0 Å². The van der Waals surface area contributed by atoms with Gasteiger partial charge in [-0.3, -0.25) is 0 Å². The molecule has 20 heavy (non-hydrogen) atoms. The molecule has 1 aromatic rings. The van der Waals surface area contributed by atoms with Gasteiger partial charge in [0.15, 0.2) is 0 Å². The zero-order chi connectivity index (χ0) is 13.9. The maximum Gasteiger partial charge on any atom is 0.0329 e. The minimum Gasteiger partial charge on any atom is -0.324 e. The highest BCUT2D eigenvalue weighted by Gasteiger charge is 2.50. The van der Waals surface area contributed by atoms with E-state index in [-0.39, 0.29) is 6.04 Å². The molecule has 4 fully saturated rings. The third-order valence-corrected chi connectivity index (χ3v) is 6.34. The summed E-state index contributed by atoms with van der Waals surface area (Å²) in [5.41, 5.74) is 10.9. The van der Waals surface area contributed by atoms with Gasteiger partial charge in [-0.25, -0.2) is 0 Å². The summed E-state index contributed by atoms with van der Waals surface area (Å²) >= 11 is 0. The third kappa shape index (κ3) is 2.02. The first-order valence-electron chi connectivity index (χ1n) is 8.44. The molecule has 0 amide bonds. The highest BCUT2D eigenvalue weighted by Crippen LogP contribution is 2.58. The van der Waals surface area contributed by atoms with Crippen molar-refractivity contribution in [3.05, 3.63) is 34.9 Å². The molecule has 0 saturated heterocycles. The molecule has 0 aliphatic heterocycles. The van der Waals surface area contributed by atoms with Crippen LogP contribution in [0.25, 0.3) is 0 Å². The van der Waals surface area contributed by atoms with Crippen molar-refractivity contribution in [3.63, 3.8) is 0 Å². The van der Waals surface area contributed by atoms with Crippen molar-refractivity contribution in [2.45, 2.75) is 52.0 Å². The fraction of sp³-hybridized carbons (Fsp3) is 0.684. The van der Waals surface area contributed by atoms with Crippen LogP contribution in [0.1, 0.15) is 54.8 Å². The van der Waals surface area contributed by atoms with Crippen LogP contribution in [0.4, 0.5) is 0 Å². The molecular formula is C19H27N. The van der Waals surface area contributed by atoms with Gasteiger partial charge in [-0.1, -0.05) is 29.3 Å².